The molecule has 0 unspecified atom stereocenters. The summed E-state index contributed by atoms with van der Waals surface area (Å²) in [6.45, 7) is 1.44. The molecule has 2 heterocycles. The highest BCUT2D eigenvalue weighted by Crippen LogP contribution is 2.45. The maximum absolute atomic E-state index is 12.7. The zero-order valence-corrected chi connectivity index (χ0v) is 18.7. The number of aryl methyl sites for hydroxylation is 1. The molecule has 0 fully saturated rings. The second-order valence-corrected chi connectivity index (χ2v) is 8.39. The minimum absolute atomic E-state index is 0.146. The van der Waals surface area contributed by atoms with Gasteiger partial charge in [-0.3, -0.25) is 4.79 Å². The van der Waals surface area contributed by atoms with E-state index in [1.54, 1.807) is 6.92 Å². The zero-order chi connectivity index (χ0) is 22.7. The summed E-state index contributed by atoms with van der Waals surface area (Å²) in [5.74, 6) is -1.74. The third-order valence-electron chi connectivity index (χ3n) is 4.94. The Balaban J connectivity index is 1.55. The normalized spacial score (nSPS) is 11.8. The van der Waals surface area contributed by atoms with E-state index in [4.69, 9.17) is 21.1 Å². The highest BCUT2D eigenvalue weighted by atomic mass is 35.5. The van der Waals surface area contributed by atoms with Gasteiger partial charge in [0.2, 0.25) is 0 Å². The van der Waals surface area contributed by atoms with Crippen LogP contribution in [0.5, 0.6) is 0 Å². The van der Waals surface area contributed by atoms with Crippen molar-refractivity contribution in [3.05, 3.63) is 70.0 Å². The number of fused-ring (bicyclic) bond motifs is 3. The Morgan fingerprint density at radius 2 is 1.94 bits per heavy atom. The summed E-state index contributed by atoms with van der Waals surface area (Å²) in [5, 5.41) is 3.25. The summed E-state index contributed by atoms with van der Waals surface area (Å²) < 4.78 is 10.3. The van der Waals surface area contributed by atoms with Gasteiger partial charge in [-0.1, -0.05) is 35.9 Å². The van der Waals surface area contributed by atoms with Gasteiger partial charge in [0.15, 0.2) is 6.61 Å². The predicted octanol–water partition coefficient (Wildman–Crippen LogP) is 4.53. The Hall–Kier alpha value is -3.23. The molecule has 0 aliphatic heterocycles. The summed E-state index contributed by atoms with van der Waals surface area (Å²) in [6.07, 6.45) is 2.84. The molecule has 3 aromatic rings. The van der Waals surface area contributed by atoms with Crippen LogP contribution in [-0.2, 0) is 27.1 Å². The molecule has 0 atom stereocenters. The molecule has 0 saturated carbocycles. The van der Waals surface area contributed by atoms with Crippen LogP contribution in [0.1, 0.15) is 38.8 Å². The van der Waals surface area contributed by atoms with Gasteiger partial charge in [-0.2, -0.15) is 0 Å². The van der Waals surface area contributed by atoms with Gasteiger partial charge in [0.05, 0.1) is 17.7 Å². The maximum atomic E-state index is 12.7. The number of thiophene rings is 1. The van der Waals surface area contributed by atoms with E-state index >= 15 is 0 Å². The third kappa shape index (κ3) is 4.51. The van der Waals surface area contributed by atoms with Gasteiger partial charge < -0.3 is 14.8 Å². The van der Waals surface area contributed by atoms with Crippen LogP contribution in [0.3, 0.4) is 0 Å². The first-order valence-corrected chi connectivity index (χ1v) is 11.2. The lowest BCUT2D eigenvalue weighted by atomic mass is 9.89. The van der Waals surface area contributed by atoms with Crippen LogP contribution < -0.4 is 5.32 Å². The van der Waals surface area contributed by atoms with Crippen LogP contribution in [0.4, 0.5) is 5.00 Å². The van der Waals surface area contributed by atoms with Crippen molar-refractivity contribution < 1.29 is 23.9 Å². The quantitative estimate of drug-likeness (QED) is 0.420. The van der Waals surface area contributed by atoms with Crippen molar-refractivity contribution in [1.82, 2.24) is 4.98 Å². The average molecular weight is 471 g/mol. The van der Waals surface area contributed by atoms with E-state index in [0.29, 0.717) is 17.0 Å². The zero-order valence-electron chi connectivity index (χ0n) is 17.1. The predicted molar refractivity (Wildman–Crippen MR) is 121 cm³/mol. The molecule has 1 aromatic carbocycles. The Labute approximate surface area is 193 Å². The molecule has 1 aliphatic carbocycles. The van der Waals surface area contributed by atoms with Gasteiger partial charge >= 0.3 is 11.9 Å². The van der Waals surface area contributed by atoms with Crippen molar-refractivity contribution in [3.63, 3.8) is 0 Å². The molecule has 1 aliphatic rings. The molecule has 0 spiro atoms. The number of hydrogen-bond donors (Lipinski definition) is 1. The minimum Gasteiger partial charge on any atom is -0.462 e. The number of esters is 2. The van der Waals surface area contributed by atoms with Crippen molar-refractivity contribution in [2.24, 2.45) is 0 Å². The van der Waals surface area contributed by atoms with Crippen LogP contribution >= 0.6 is 22.9 Å². The molecular weight excluding hydrogens is 452 g/mol. The second kappa shape index (κ2) is 9.50. The van der Waals surface area contributed by atoms with Crippen LogP contribution in [0, 0.1) is 0 Å². The van der Waals surface area contributed by atoms with Crippen molar-refractivity contribution in [3.8, 4) is 10.4 Å². The third-order valence-corrected chi connectivity index (χ3v) is 6.33. The first-order chi connectivity index (χ1) is 15.5. The Bertz CT molecular complexity index is 1210. The first kappa shape index (κ1) is 22.0. The number of carbonyl (C=O) groups excluding carboxylic acids is 3. The highest BCUT2D eigenvalue weighted by Gasteiger charge is 2.29. The van der Waals surface area contributed by atoms with E-state index < -0.39 is 24.5 Å². The molecule has 2 aromatic heterocycles. The number of nitrogens with zero attached hydrogens (tertiary/aromatic N) is 1. The molecule has 1 amide bonds. The topological polar surface area (TPSA) is 94.6 Å². The number of amides is 1. The molecular formula is C23H19ClN2O5S. The average Bonchev–Trinajstić information content (AvgIpc) is 3.16. The van der Waals surface area contributed by atoms with Gasteiger partial charge in [-0.05, 0) is 48.6 Å². The molecule has 4 rings (SSSR count). The van der Waals surface area contributed by atoms with Crippen molar-refractivity contribution >= 4 is 45.8 Å². The fourth-order valence-corrected chi connectivity index (χ4v) is 5.04. The summed E-state index contributed by atoms with van der Waals surface area (Å²) in [7, 11) is 0. The van der Waals surface area contributed by atoms with Crippen LogP contribution in [0.25, 0.3) is 10.4 Å². The number of nitrogens with one attached hydrogen (secondary N) is 1. The lowest BCUT2D eigenvalue weighted by Gasteiger charge is -2.16. The molecule has 164 valence electrons. The number of aromatic nitrogens is 1. The smallest absolute Gasteiger partial charge is 0.341 e. The van der Waals surface area contributed by atoms with E-state index in [1.807, 2.05) is 18.2 Å². The van der Waals surface area contributed by atoms with Crippen LogP contribution in [0.2, 0.25) is 5.15 Å². The summed E-state index contributed by atoms with van der Waals surface area (Å²) in [5.41, 5.74) is 3.66. The minimum atomic E-state index is -0.700. The SMILES string of the molecule is CCOC(=O)c1c(NC(=O)COC(=O)c2ccnc(Cl)c2)sc2c1CCc1ccccc1-2. The van der Waals surface area contributed by atoms with Crippen molar-refractivity contribution in [2.75, 3.05) is 18.5 Å². The molecule has 0 radical (unpaired) electrons. The first-order valence-electron chi connectivity index (χ1n) is 9.97. The van der Waals surface area contributed by atoms with E-state index in [1.165, 1.54) is 35.2 Å². The lowest BCUT2D eigenvalue weighted by molar-refractivity contribution is -0.119. The Morgan fingerprint density at radius 1 is 1.12 bits per heavy atom. The fraction of sp³-hybridized carbons (Fsp3) is 0.217. The maximum Gasteiger partial charge on any atom is 0.341 e. The Morgan fingerprint density at radius 3 is 2.72 bits per heavy atom. The van der Waals surface area contributed by atoms with E-state index in [2.05, 4.69) is 16.4 Å². The van der Waals surface area contributed by atoms with Gasteiger partial charge in [0.25, 0.3) is 5.91 Å². The second-order valence-electron chi connectivity index (χ2n) is 6.98. The summed E-state index contributed by atoms with van der Waals surface area (Å²) >= 11 is 7.10. The lowest BCUT2D eigenvalue weighted by Crippen LogP contribution is -2.22. The molecule has 0 saturated heterocycles. The number of anilines is 1. The molecule has 32 heavy (non-hydrogen) atoms. The summed E-state index contributed by atoms with van der Waals surface area (Å²) in [4.78, 5) is 42.1. The molecule has 7 nitrogen and oxygen atoms in total. The van der Waals surface area contributed by atoms with Crippen LogP contribution in [-0.4, -0.2) is 36.0 Å². The summed E-state index contributed by atoms with van der Waals surface area (Å²) in [6, 6.07) is 10.8. The molecule has 9 heteroatoms. The van der Waals surface area contributed by atoms with E-state index in [9.17, 15) is 14.4 Å². The number of hydrogen-bond acceptors (Lipinski definition) is 7. The number of rotatable bonds is 6. The number of ether oxygens (including phenoxy) is 2. The standard InChI is InChI=1S/C23H19ClN2O5S/c1-2-30-23(29)19-16-8-7-13-5-3-4-6-15(13)20(16)32-21(19)26-18(27)12-31-22(28)14-9-10-25-17(24)11-14/h3-6,9-11H,2,7-8,12H2,1H3,(H,26,27). The van der Waals surface area contributed by atoms with Gasteiger partial charge in [0, 0.05) is 11.1 Å². The highest BCUT2D eigenvalue weighted by molar-refractivity contribution is 7.20. The van der Waals surface area contributed by atoms with E-state index in [0.717, 1.165) is 22.4 Å². The van der Waals surface area contributed by atoms with Crippen molar-refractivity contribution in [1.29, 1.82) is 0 Å². The van der Waals surface area contributed by atoms with Gasteiger partial charge in [-0.15, -0.1) is 11.3 Å². The van der Waals surface area contributed by atoms with Gasteiger partial charge in [-0.25, -0.2) is 14.6 Å². The van der Waals surface area contributed by atoms with E-state index in [-0.39, 0.29) is 17.3 Å². The number of benzene rings is 1. The van der Waals surface area contributed by atoms with Crippen LogP contribution in [0.15, 0.2) is 42.6 Å². The number of halogens is 1. The molecule has 1 N–H and O–H groups in total. The monoisotopic (exact) mass is 470 g/mol. The molecule has 0 bridgehead atoms. The van der Waals surface area contributed by atoms with Crippen molar-refractivity contribution in [2.45, 2.75) is 19.8 Å². The fourth-order valence-electron chi connectivity index (χ4n) is 3.55. The number of carbonyl (C=O) groups is 3. The number of pyridine rings is 1. The van der Waals surface area contributed by atoms with Gasteiger partial charge in [0.1, 0.15) is 10.2 Å². The largest absolute Gasteiger partial charge is 0.462 e. The Kier molecular flexibility index (Phi) is 6.53.